The lowest BCUT2D eigenvalue weighted by molar-refractivity contribution is 0.566. The number of hydrogen-bond acceptors (Lipinski definition) is 4. The van der Waals surface area contributed by atoms with Gasteiger partial charge in [0.25, 0.3) is 0 Å². The maximum atomic E-state index is 12.9. The van der Waals surface area contributed by atoms with Crippen LogP contribution in [0, 0.1) is 5.82 Å². The fourth-order valence-corrected chi connectivity index (χ4v) is 3.83. The first-order chi connectivity index (χ1) is 11.9. The number of nitrogens with one attached hydrogen (secondary N) is 1. The summed E-state index contributed by atoms with van der Waals surface area (Å²) < 4.78 is 41.8. The van der Waals surface area contributed by atoms with Crippen LogP contribution in [0.25, 0.3) is 5.69 Å². The summed E-state index contributed by atoms with van der Waals surface area (Å²) in [5.41, 5.74) is 2.19. The van der Waals surface area contributed by atoms with Crippen LogP contribution in [-0.2, 0) is 15.8 Å². The lowest BCUT2D eigenvalue weighted by atomic mass is 10.1. The highest BCUT2D eigenvalue weighted by Gasteiger charge is 2.16. The monoisotopic (exact) mass is 360 g/mol. The van der Waals surface area contributed by atoms with E-state index in [-0.39, 0.29) is 5.75 Å². The molecule has 0 radical (unpaired) electrons. The highest BCUT2D eigenvalue weighted by Crippen LogP contribution is 2.17. The van der Waals surface area contributed by atoms with E-state index >= 15 is 0 Å². The standard InChI is InChI=1S/C17H17FN4O2S/c1-13(15-4-8-17(9-5-15)22-12-19-11-20-22)21-25(23,24)10-14-2-6-16(18)7-3-14/h2-9,11-13,21H,10H2,1H3. The van der Waals surface area contributed by atoms with E-state index in [1.54, 1.807) is 17.9 Å². The number of benzene rings is 2. The second kappa shape index (κ2) is 7.12. The third-order valence-electron chi connectivity index (χ3n) is 3.70. The number of aromatic nitrogens is 3. The van der Waals surface area contributed by atoms with Crippen LogP contribution in [-0.4, -0.2) is 23.2 Å². The maximum absolute atomic E-state index is 12.9. The Kier molecular flexibility index (Phi) is 4.91. The lowest BCUT2D eigenvalue weighted by Crippen LogP contribution is -2.28. The fourth-order valence-electron chi connectivity index (χ4n) is 2.44. The molecule has 0 aliphatic heterocycles. The maximum Gasteiger partial charge on any atom is 0.216 e. The van der Waals surface area contributed by atoms with Crippen molar-refractivity contribution in [2.45, 2.75) is 18.7 Å². The predicted octanol–water partition coefficient (Wildman–Crippen LogP) is 2.59. The summed E-state index contributed by atoms with van der Waals surface area (Å²) in [4.78, 5) is 3.89. The molecule has 130 valence electrons. The Bertz CT molecular complexity index is 924. The summed E-state index contributed by atoms with van der Waals surface area (Å²) in [7, 11) is -3.55. The van der Waals surface area contributed by atoms with Crippen molar-refractivity contribution in [3.63, 3.8) is 0 Å². The predicted molar refractivity (Wildman–Crippen MR) is 91.9 cm³/mol. The zero-order chi connectivity index (χ0) is 17.9. The molecule has 1 atom stereocenters. The molecular formula is C17H17FN4O2S. The largest absolute Gasteiger partial charge is 0.223 e. The molecule has 0 spiro atoms. The van der Waals surface area contributed by atoms with E-state index < -0.39 is 21.9 Å². The average Bonchev–Trinajstić information content (AvgIpc) is 3.11. The van der Waals surface area contributed by atoms with Crippen LogP contribution < -0.4 is 4.72 Å². The van der Waals surface area contributed by atoms with Gasteiger partial charge in [-0.2, -0.15) is 5.10 Å². The SMILES string of the molecule is CC(NS(=O)(=O)Cc1ccc(F)cc1)c1ccc(-n2cncn2)cc1. The van der Waals surface area contributed by atoms with Gasteiger partial charge in [0.1, 0.15) is 18.5 Å². The lowest BCUT2D eigenvalue weighted by Gasteiger charge is -2.15. The molecule has 8 heteroatoms. The first-order valence-electron chi connectivity index (χ1n) is 7.62. The summed E-state index contributed by atoms with van der Waals surface area (Å²) >= 11 is 0. The number of hydrogen-bond donors (Lipinski definition) is 1. The number of halogens is 1. The fraction of sp³-hybridized carbons (Fsp3) is 0.176. The quantitative estimate of drug-likeness (QED) is 0.733. The Morgan fingerprint density at radius 3 is 2.40 bits per heavy atom. The molecule has 3 rings (SSSR count). The number of nitrogens with zero attached hydrogens (tertiary/aromatic N) is 3. The van der Waals surface area contributed by atoms with Gasteiger partial charge in [-0.25, -0.2) is 27.2 Å². The summed E-state index contributed by atoms with van der Waals surface area (Å²) in [6.45, 7) is 1.77. The van der Waals surface area contributed by atoms with Crippen molar-refractivity contribution in [2.24, 2.45) is 0 Å². The van der Waals surface area contributed by atoms with Crippen molar-refractivity contribution in [1.82, 2.24) is 19.5 Å². The van der Waals surface area contributed by atoms with Crippen molar-refractivity contribution in [3.8, 4) is 5.69 Å². The van der Waals surface area contributed by atoms with Crippen LogP contribution in [0.3, 0.4) is 0 Å². The minimum Gasteiger partial charge on any atom is -0.223 e. The van der Waals surface area contributed by atoms with Gasteiger partial charge >= 0.3 is 0 Å². The molecule has 0 saturated heterocycles. The summed E-state index contributed by atoms with van der Waals surface area (Å²) in [5.74, 6) is -0.593. The van der Waals surface area contributed by atoms with Gasteiger partial charge in [-0.05, 0) is 42.3 Å². The average molecular weight is 360 g/mol. The molecule has 6 nitrogen and oxygen atoms in total. The van der Waals surface area contributed by atoms with Crippen molar-refractivity contribution in [2.75, 3.05) is 0 Å². The van der Waals surface area contributed by atoms with Crippen LogP contribution in [0.1, 0.15) is 24.1 Å². The van der Waals surface area contributed by atoms with Gasteiger partial charge in [-0.3, -0.25) is 0 Å². The molecule has 0 fully saturated rings. The van der Waals surface area contributed by atoms with E-state index in [0.29, 0.717) is 5.56 Å². The Hall–Kier alpha value is -2.58. The normalized spacial score (nSPS) is 12.9. The van der Waals surface area contributed by atoms with Gasteiger partial charge in [0, 0.05) is 6.04 Å². The van der Waals surface area contributed by atoms with Crippen molar-refractivity contribution in [1.29, 1.82) is 0 Å². The zero-order valence-corrected chi connectivity index (χ0v) is 14.3. The van der Waals surface area contributed by atoms with Crippen LogP contribution in [0.2, 0.25) is 0 Å². The smallest absolute Gasteiger partial charge is 0.216 e. The molecule has 0 saturated carbocycles. The second-order valence-corrected chi connectivity index (χ2v) is 7.41. The Morgan fingerprint density at radius 1 is 1.12 bits per heavy atom. The molecule has 1 unspecified atom stereocenters. The molecule has 0 bridgehead atoms. The first kappa shape index (κ1) is 17.2. The van der Waals surface area contributed by atoms with Gasteiger partial charge in [0.05, 0.1) is 11.4 Å². The van der Waals surface area contributed by atoms with Crippen LogP contribution in [0.4, 0.5) is 4.39 Å². The van der Waals surface area contributed by atoms with E-state index in [9.17, 15) is 12.8 Å². The molecule has 2 aromatic carbocycles. The van der Waals surface area contributed by atoms with Crippen LogP contribution in [0.5, 0.6) is 0 Å². The minimum atomic E-state index is -3.55. The van der Waals surface area contributed by atoms with Crippen molar-refractivity contribution < 1.29 is 12.8 Å². The van der Waals surface area contributed by atoms with Gasteiger partial charge in [-0.15, -0.1) is 0 Å². The third-order valence-corrected chi connectivity index (χ3v) is 5.13. The molecular weight excluding hydrogens is 343 g/mol. The van der Waals surface area contributed by atoms with Gasteiger partial charge in [0.2, 0.25) is 10.0 Å². The van der Waals surface area contributed by atoms with Crippen molar-refractivity contribution in [3.05, 3.63) is 78.1 Å². The van der Waals surface area contributed by atoms with E-state index in [1.165, 1.54) is 30.6 Å². The highest BCUT2D eigenvalue weighted by atomic mass is 32.2. The molecule has 0 amide bonds. The number of sulfonamides is 1. The van der Waals surface area contributed by atoms with Crippen LogP contribution in [0.15, 0.2) is 61.2 Å². The topological polar surface area (TPSA) is 76.9 Å². The molecule has 3 aromatic rings. The van der Waals surface area contributed by atoms with E-state index in [1.807, 2.05) is 24.3 Å². The molecule has 0 aliphatic rings. The zero-order valence-electron chi connectivity index (χ0n) is 13.5. The number of rotatable bonds is 6. The molecule has 1 aromatic heterocycles. The van der Waals surface area contributed by atoms with E-state index in [4.69, 9.17) is 0 Å². The molecule has 0 aliphatic carbocycles. The third kappa shape index (κ3) is 4.49. The minimum absolute atomic E-state index is 0.200. The summed E-state index contributed by atoms with van der Waals surface area (Å²) in [6, 6.07) is 12.4. The Labute approximate surface area is 145 Å². The van der Waals surface area contributed by atoms with Gasteiger partial charge < -0.3 is 0 Å². The summed E-state index contributed by atoms with van der Waals surface area (Å²) in [5, 5.41) is 4.04. The first-order valence-corrected chi connectivity index (χ1v) is 9.27. The van der Waals surface area contributed by atoms with E-state index in [0.717, 1.165) is 11.3 Å². The molecule has 1 heterocycles. The Morgan fingerprint density at radius 2 is 1.80 bits per heavy atom. The van der Waals surface area contributed by atoms with Crippen LogP contribution >= 0.6 is 0 Å². The van der Waals surface area contributed by atoms with Gasteiger partial charge in [0.15, 0.2) is 0 Å². The van der Waals surface area contributed by atoms with E-state index in [2.05, 4.69) is 14.8 Å². The van der Waals surface area contributed by atoms with Gasteiger partial charge in [-0.1, -0.05) is 24.3 Å². The van der Waals surface area contributed by atoms with Crippen molar-refractivity contribution >= 4 is 10.0 Å². The second-order valence-electron chi connectivity index (χ2n) is 5.66. The highest BCUT2D eigenvalue weighted by molar-refractivity contribution is 7.88. The Balaban J connectivity index is 1.68. The molecule has 1 N–H and O–H groups in total. The molecule has 25 heavy (non-hydrogen) atoms. The summed E-state index contributed by atoms with van der Waals surface area (Å²) in [6.07, 6.45) is 3.03.